The van der Waals surface area contributed by atoms with E-state index in [0.29, 0.717) is 5.91 Å². The molecule has 0 aromatic heterocycles. The van der Waals surface area contributed by atoms with E-state index in [9.17, 15) is 4.79 Å². The van der Waals surface area contributed by atoms with Crippen LogP contribution in [-0.2, 0) is 4.79 Å². The first-order chi connectivity index (χ1) is 6.64. The van der Waals surface area contributed by atoms with Crippen molar-refractivity contribution in [1.29, 1.82) is 0 Å². The minimum atomic E-state index is -0.0268. The molecule has 1 amide bonds. The van der Waals surface area contributed by atoms with Gasteiger partial charge >= 0.3 is 0 Å². The minimum Gasteiger partial charge on any atom is -0.338 e. The maximum absolute atomic E-state index is 12.3. The molecular weight excluding hydrogens is 186 g/mol. The van der Waals surface area contributed by atoms with Crippen LogP contribution >= 0.6 is 0 Å². The van der Waals surface area contributed by atoms with E-state index in [4.69, 9.17) is 0 Å². The molecule has 1 saturated heterocycles. The van der Waals surface area contributed by atoms with Crippen molar-refractivity contribution in [2.24, 2.45) is 11.3 Å². The molecule has 1 rings (SSSR count). The Morgan fingerprint density at radius 2 is 1.67 bits per heavy atom. The van der Waals surface area contributed by atoms with Crippen molar-refractivity contribution in [3.8, 4) is 0 Å². The van der Waals surface area contributed by atoms with Crippen molar-refractivity contribution in [2.75, 3.05) is 6.54 Å². The molecule has 15 heavy (non-hydrogen) atoms. The van der Waals surface area contributed by atoms with Crippen LogP contribution in [0.4, 0.5) is 0 Å². The topological polar surface area (TPSA) is 20.3 Å². The summed E-state index contributed by atoms with van der Waals surface area (Å²) in [6.07, 6.45) is 2.19. The fraction of sp³-hybridized carbons (Fsp3) is 0.923. The van der Waals surface area contributed by atoms with Gasteiger partial charge in [0.15, 0.2) is 0 Å². The molecule has 0 aliphatic carbocycles. The lowest BCUT2D eigenvalue weighted by molar-refractivity contribution is -0.148. The maximum Gasteiger partial charge on any atom is 0.226 e. The molecule has 1 heterocycles. The lowest BCUT2D eigenvalue weighted by atomic mass is 9.75. The van der Waals surface area contributed by atoms with E-state index in [2.05, 4.69) is 41.5 Å². The van der Waals surface area contributed by atoms with Crippen LogP contribution in [0.15, 0.2) is 0 Å². The Morgan fingerprint density at radius 3 is 2.07 bits per heavy atom. The second kappa shape index (κ2) is 3.80. The van der Waals surface area contributed by atoms with Gasteiger partial charge in [-0.15, -0.1) is 0 Å². The van der Waals surface area contributed by atoms with Gasteiger partial charge in [0.05, 0.1) is 0 Å². The van der Waals surface area contributed by atoms with Crippen LogP contribution in [0.1, 0.15) is 54.4 Å². The van der Waals surface area contributed by atoms with Crippen LogP contribution < -0.4 is 0 Å². The Hall–Kier alpha value is -0.530. The highest BCUT2D eigenvalue weighted by molar-refractivity contribution is 5.81. The van der Waals surface area contributed by atoms with Gasteiger partial charge in [-0.25, -0.2) is 0 Å². The Labute approximate surface area is 94.0 Å². The largest absolute Gasteiger partial charge is 0.338 e. The van der Waals surface area contributed by atoms with E-state index >= 15 is 0 Å². The number of hydrogen-bond acceptors (Lipinski definition) is 1. The van der Waals surface area contributed by atoms with Gasteiger partial charge in [0.2, 0.25) is 5.91 Å². The quantitative estimate of drug-likeness (QED) is 0.603. The molecule has 0 bridgehead atoms. The third-order valence-electron chi connectivity index (χ3n) is 3.29. The van der Waals surface area contributed by atoms with Crippen molar-refractivity contribution in [3.63, 3.8) is 0 Å². The molecule has 0 saturated carbocycles. The molecule has 0 aromatic carbocycles. The molecular formula is C13H25NO. The Bertz CT molecular complexity index is 220. The number of nitrogens with zero attached hydrogens (tertiary/aromatic N) is 1. The van der Waals surface area contributed by atoms with Gasteiger partial charge in [0.25, 0.3) is 0 Å². The lowest BCUT2D eigenvalue weighted by Crippen LogP contribution is -2.53. The highest BCUT2D eigenvalue weighted by Gasteiger charge is 2.40. The predicted molar refractivity (Wildman–Crippen MR) is 63.6 cm³/mol. The number of piperidine rings is 1. The number of hydrogen-bond donors (Lipinski definition) is 0. The highest BCUT2D eigenvalue weighted by Crippen LogP contribution is 2.36. The minimum absolute atomic E-state index is 0.0268. The predicted octanol–water partition coefficient (Wildman–Crippen LogP) is 3.07. The summed E-state index contributed by atoms with van der Waals surface area (Å²) in [5, 5.41) is 0. The Morgan fingerprint density at radius 1 is 1.13 bits per heavy atom. The zero-order valence-corrected chi connectivity index (χ0v) is 11.1. The molecule has 2 nitrogen and oxygen atoms in total. The van der Waals surface area contributed by atoms with Crippen molar-refractivity contribution in [1.82, 2.24) is 4.90 Å². The molecule has 1 aliphatic heterocycles. The third kappa shape index (κ3) is 2.73. The molecule has 1 fully saturated rings. The zero-order valence-electron chi connectivity index (χ0n) is 11.1. The first-order valence-corrected chi connectivity index (χ1v) is 5.95. The standard InChI is InChI=1S/C13H25NO/c1-12(2,3)10-8-7-9-14(11(10)15)13(4,5)6/h10H,7-9H2,1-6H3. The van der Waals surface area contributed by atoms with Crippen LogP contribution in [0, 0.1) is 11.3 Å². The maximum atomic E-state index is 12.3. The van der Waals surface area contributed by atoms with Crippen molar-refractivity contribution < 1.29 is 4.79 Å². The van der Waals surface area contributed by atoms with E-state index in [1.807, 2.05) is 4.90 Å². The summed E-state index contributed by atoms with van der Waals surface area (Å²) in [5.74, 6) is 0.548. The first-order valence-electron chi connectivity index (χ1n) is 5.95. The highest BCUT2D eigenvalue weighted by atomic mass is 16.2. The third-order valence-corrected chi connectivity index (χ3v) is 3.29. The molecule has 0 aromatic rings. The number of amides is 1. The summed E-state index contributed by atoms with van der Waals surface area (Å²) in [7, 11) is 0. The van der Waals surface area contributed by atoms with E-state index in [1.54, 1.807) is 0 Å². The summed E-state index contributed by atoms with van der Waals surface area (Å²) in [5.41, 5.74) is 0.0714. The van der Waals surface area contributed by atoms with Crippen LogP contribution in [-0.4, -0.2) is 22.9 Å². The summed E-state index contributed by atoms with van der Waals surface area (Å²) < 4.78 is 0. The van der Waals surface area contributed by atoms with Crippen molar-refractivity contribution in [2.45, 2.75) is 59.9 Å². The van der Waals surface area contributed by atoms with Crippen LogP contribution in [0.5, 0.6) is 0 Å². The number of carbonyl (C=O) groups excluding carboxylic acids is 1. The van der Waals surface area contributed by atoms with Gasteiger partial charge in [-0.05, 0) is 39.0 Å². The average Bonchev–Trinajstić information content (AvgIpc) is 1.99. The van der Waals surface area contributed by atoms with Crippen LogP contribution in [0.2, 0.25) is 0 Å². The molecule has 1 unspecified atom stereocenters. The second-order valence-electron chi connectivity index (χ2n) is 6.72. The molecule has 1 aliphatic rings. The second-order valence-corrected chi connectivity index (χ2v) is 6.72. The normalized spacial score (nSPS) is 24.5. The molecule has 2 heteroatoms. The van der Waals surface area contributed by atoms with E-state index < -0.39 is 0 Å². The molecule has 1 atom stereocenters. The SMILES string of the molecule is CC(C)(C)C1CCCN(C(C)(C)C)C1=O. The molecule has 0 radical (unpaired) electrons. The summed E-state index contributed by atoms with van der Waals surface area (Å²) >= 11 is 0. The van der Waals surface area contributed by atoms with Crippen LogP contribution in [0.3, 0.4) is 0 Å². The Balaban J connectivity index is 2.86. The summed E-state index contributed by atoms with van der Waals surface area (Å²) in [4.78, 5) is 14.4. The van der Waals surface area contributed by atoms with E-state index in [-0.39, 0.29) is 16.9 Å². The monoisotopic (exact) mass is 211 g/mol. The average molecular weight is 211 g/mol. The first kappa shape index (κ1) is 12.5. The fourth-order valence-corrected chi connectivity index (χ4v) is 2.34. The van der Waals surface area contributed by atoms with Gasteiger partial charge in [-0.2, -0.15) is 0 Å². The van der Waals surface area contributed by atoms with Crippen molar-refractivity contribution in [3.05, 3.63) is 0 Å². The van der Waals surface area contributed by atoms with Gasteiger partial charge in [-0.1, -0.05) is 20.8 Å². The van der Waals surface area contributed by atoms with Crippen LogP contribution in [0.25, 0.3) is 0 Å². The molecule has 0 N–H and O–H groups in total. The molecule has 0 spiro atoms. The Kier molecular flexibility index (Phi) is 3.18. The smallest absolute Gasteiger partial charge is 0.226 e. The van der Waals surface area contributed by atoms with Gasteiger partial charge < -0.3 is 4.90 Å². The van der Waals surface area contributed by atoms with E-state index in [0.717, 1.165) is 19.4 Å². The fourth-order valence-electron chi connectivity index (χ4n) is 2.34. The van der Waals surface area contributed by atoms with Gasteiger partial charge in [0.1, 0.15) is 0 Å². The lowest BCUT2D eigenvalue weighted by Gasteiger charge is -2.45. The van der Waals surface area contributed by atoms with Crippen molar-refractivity contribution >= 4 is 5.91 Å². The van der Waals surface area contributed by atoms with E-state index in [1.165, 1.54) is 0 Å². The molecule has 88 valence electrons. The number of likely N-dealkylation sites (tertiary alicyclic amines) is 1. The summed E-state index contributed by atoms with van der Waals surface area (Å²) in [6.45, 7) is 13.8. The number of rotatable bonds is 0. The summed E-state index contributed by atoms with van der Waals surface area (Å²) in [6, 6.07) is 0. The zero-order chi connectivity index (χ0) is 11.9. The van der Waals surface area contributed by atoms with Gasteiger partial charge in [-0.3, -0.25) is 4.79 Å². The van der Waals surface area contributed by atoms with Gasteiger partial charge in [0, 0.05) is 18.0 Å². The number of carbonyl (C=O) groups is 1.